The number of carbonyl (C=O) groups excluding carboxylic acids is 1. The van der Waals surface area contributed by atoms with E-state index in [-0.39, 0.29) is 35.2 Å². The molecule has 0 aromatic carbocycles. The third kappa shape index (κ3) is 4.46. The molecule has 4 aliphatic rings. The van der Waals surface area contributed by atoms with Gasteiger partial charge in [-0.3, -0.25) is 0 Å². The summed E-state index contributed by atoms with van der Waals surface area (Å²) in [6.07, 6.45) is 10.2. The minimum Gasteiger partial charge on any atom is -0.450 e. The van der Waals surface area contributed by atoms with E-state index in [0.29, 0.717) is 42.1 Å². The predicted octanol–water partition coefficient (Wildman–Crippen LogP) is 5.53. The van der Waals surface area contributed by atoms with Gasteiger partial charge >= 0.3 is 6.09 Å². The molecule has 4 rings (SSSR count). The van der Waals surface area contributed by atoms with Gasteiger partial charge in [0.25, 0.3) is 0 Å². The zero-order chi connectivity index (χ0) is 24.0. The maximum atomic E-state index is 11.8. The van der Waals surface area contributed by atoms with E-state index in [2.05, 4.69) is 26.1 Å². The van der Waals surface area contributed by atoms with Crippen LogP contribution in [0.15, 0.2) is 0 Å². The zero-order valence-corrected chi connectivity index (χ0v) is 21.7. The SMILES string of the molecule is CC[C@H]1[C@@H](O)[C@@H]2[C@H](CC[C@]3(C)[C@@H](CCCOC(=O)NC(C)C)CC[C@@H]23)[C@@]2(C)CC[C@@H](O)C[C@@H]12. The normalized spacial score (nSPS) is 46.9. The maximum Gasteiger partial charge on any atom is 0.407 e. The molecule has 190 valence electrons. The van der Waals surface area contributed by atoms with Gasteiger partial charge in [0.1, 0.15) is 0 Å². The van der Waals surface area contributed by atoms with Crippen LogP contribution in [0.25, 0.3) is 0 Å². The van der Waals surface area contributed by atoms with Gasteiger partial charge in [-0.25, -0.2) is 4.79 Å². The molecular weight excluding hydrogens is 414 g/mol. The fraction of sp³-hybridized carbons (Fsp3) is 0.964. The van der Waals surface area contributed by atoms with Gasteiger partial charge < -0.3 is 20.3 Å². The van der Waals surface area contributed by atoms with Gasteiger partial charge in [0, 0.05) is 6.04 Å². The van der Waals surface area contributed by atoms with Crippen LogP contribution in [0.5, 0.6) is 0 Å². The lowest BCUT2D eigenvalue weighted by atomic mass is 9.41. The minimum atomic E-state index is -0.308. The van der Waals surface area contributed by atoms with Crippen molar-refractivity contribution in [2.45, 2.75) is 117 Å². The molecule has 0 spiro atoms. The highest BCUT2D eigenvalue weighted by Gasteiger charge is 2.64. The van der Waals surface area contributed by atoms with Crippen molar-refractivity contribution in [1.29, 1.82) is 0 Å². The number of hydrogen-bond acceptors (Lipinski definition) is 4. The lowest BCUT2D eigenvalue weighted by Crippen LogP contribution is -2.62. The van der Waals surface area contributed by atoms with E-state index in [1.54, 1.807) is 0 Å². The molecule has 1 amide bonds. The van der Waals surface area contributed by atoms with Crippen molar-refractivity contribution in [1.82, 2.24) is 5.32 Å². The lowest BCUT2D eigenvalue weighted by molar-refractivity contribution is -0.202. The average molecular weight is 464 g/mol. The number of fused-ring (bicyclic) bond motifs is 5. The number of alkyl carbamates (subject to hydrolysis) is 1. The van der Waals surface area contributed by atoms with Gasteiger partial charge in [0.15, 0.2) is 0 Å². The molecule has 5 nitrogen and oxygen atoms in total. The van der Waals surface area contributed by atoms with Crippen LogP contribution >= 0.6 is 0 Å². The molecular formula is C28H49NO4. The summed E-state index contributed by atoms with van der Waals surface area (Å²) in [5.41, 5.74) is 0.554. The number of hydrogen-bond donors (Lipinski definition) is 3. The first kappa shape index (κ1) is 25.3. The van der Waals surface area contributed by atoms with Crippen LogP contribution < -0.4 is 5.32 Å². The van der Waals surface area contributed by atoms with Crippen molar-refractivity contribution < 1.29 is 19.7 Å². The average Bonchev–Trinajstić information content (AvgIpc) is 3.08. The molecule has 3 N–H and O–H groups in total. The lowest BCUT2D eigenvalue weighted by Gasteiger charge is -2.64. The van der Waals surface area contributed by atoms with Crippen molar-refractivity contribution >= 4 is 6.09 Å². The zero-order valence-electron chi connectivity index (χ0n) is 21.7. The van der Waals surface area contributed by atoms with Crippen molar-refractivity contribution in [3.8, 4) is 0 Å². The first-order valence-corrected chi connectivity index (χ1v) is 13.9. The smallest absolute Gasteiger partial charge is 0.407 e. The number of ether oxygens (including phenoxy) is 1. The number of aliphatic hydroxyl groups is 2. The summed E-state index contributed by atoms with van der Waals surface area (Å²) >= 11 is 0. The molecule has 4 aliphatic carbocycles. The highest BCUT2D eigenvalue weighted by Crippen LogP contribution is 2.69. The highest BCUT2D eigenvalue weighted by molar-refractivity contribution is 5.67. The van der Waals surface area contributed by atoms with E-state index in [9.17, 15) is 15.0 Å². The van der Waals surface area contributed by atoms with Crippen molar-refractivity contribution in [2.75, 3.05) is 6.61 Å². The Morgan fingerprint density at radius 3 is 2.42 bits per heavy atom. The molecule has 0 aliphatic heterocycles. The highest BCUT2D eigenvalue weighted by atomic mass is 16.5. The maximum absolute atomic E-state index is 11.8. The Bertz CT molecular complexity index is 697. The number of carbonyl (C=O) groups is 1. The van der Waals surface area contributed by atoms with Crippen molar-refractivity contribution in [3.05, 3.63) is 0 Å². The van der Waals surface area contributed by atoms with Gasteiger partial charge in [-0.2, -0.15) is 0 Å². The third-order valence-corrected chi connectivity index (χ3v) is 10.9. The van der Waals surface area contributed by atoms with Gasteiger partial charge in [-0.05, 0) is 118 Å². The Balaban J connectivity index is 1.44. The molecule has 0 saturated heterocycles. The topological polar surface area (TPSA) is 78.8 Å². The van der Waals surface area contributed by atoms with Crippen molar-refractivity contribution in [3.63, 3.8) is 0 Å². The minimum absolute atomic E-state index is 0.102. The standard InChI is InChI=1S/C28H49NO4/c1-6-20-23-16-19(30)11-13-28(23,5)22-12-14-27(4)18(9-10-21(27)24(22)25(20)31)8-7-15-33-26(32)29-17(2)3/h17-25,30-31H,6-16H2,1-5H3,(H,29,32)/t18-,19+,20+,21-,22-,23-,24-,25+,27+,28+/m0/s1. The molecule has 4 saturated carbocycles. The molecule has 5 heteroatoms. The van der Waals surface area contributed by atoms with Crippen LogP contribution in [0.2, 0.25) is 0 Å². The summed E-state index contributed by atoms with van der Waals surface area (Å²) in [4.78, 5) is 11.8. The number of aliphatic hydroxyl groups excluding tert-OH is 2. The van der Waals surface area contributed by atoms with E-state index in [1.807, 2.05) is 13.8 Å². The molecule has 0 heterocycles. The Labute approximate surface area is 201 Å². The Kier molecular flexibility index (Phi) is 7.42. The fourth-order valence-electron chi connectivity index (χ4n) is 9.31. The van der Waals surface area contributed by atoms with Crippen LogP contribution in [0, 0.1) is 46.3 Å². The second-order valence-electron chi connectivity index (χ2n) is 12.8. The molecule has 33 heavy (non-hydrogen) atoms. The molecule has 0 radical (unpaired) electrons. The summed E-state index contributed by atoms with van der Waals surface area (Å²) in [5.74, 6) is 3.03. The second-order valence-corrected chi connectivity index (χ2v) is 12.8. The molecule has 0 aromatic rings. The fourth-order valence-corrected chi connectivity index (χ4v) is 9.31. The van der Waals surface area contributed by atoms with Gasteiger partial charge in [-0.1, -0.05) is 27.2 Å². The van der Waals surface area contributed by atoms with Crippen LogP contribution in [-0.4, -0.2) is 41.2 Å². The quantitative estimate of drug-likeness (QED) is 0.453. The summed E-state index contributed by atoms with van der Waals surface area (Å²) in [7, 11) is 0. The summed E-state index contributed by atoms with van der Waals surface area (Å²) < 4.78 is 5.38. The number of amides is 1. The monoisotopic (exact) mass is 463 g/mol. The first-order valence-electron chi connectivity index (χ1n) is 13.9. The second kappa shape index (κ2) is 9.68. The Morgan fingerprint density at radius 1 is 1.03 bits per heavy atom. The van der Waals surface area contributed by atoms with E-state index < -0.39 is 0 Å². The molecule has 0 aromatic heterocycles. The summed E-state index contributed by atoms with van der Waals surface area (Å²) in [6, 6.07) is 0.102. The molecule has 0 unspecified atom stereocenters. The molecule has 10 atom stereocenters. The van der Waals surface area contributed by atoms with Crippen LogP contribution in [0.1, 0.15) is 98.8 Å². The number of nitrogens with one attached hydrogen (secondary N) is 1. The summed E-state index contributed by atoms with van der Waals surface area (Å²) in [5, 5.41) is 25.0. The predicted molar refractivity (Wildman–Crippen MR) is 131 cm³/mol. The van der Waals surface area contributed by atoms with Gasteiger partial charge in [0.2, 0.25) is 0 Å². The van der Waals surface area contributed by atoms with Crippen LogP contribution in [-0.2, 0) is 4.74 Å². The first-order chi connectivity index (χ1) is 15.6. The van der Waals surface area contributed by atoms with Crippen LogP contribution in [0.4, 0.5) is 4.79 Å². The third-order valence-electron chi connectivity index (χ3n) is 10.9. The number of rotatable bonds is 6. The van der Waals surface area contributed by atoms with Gasteiger partial charge in [-0.15, -0.1) is 0 Å². The molecule has 0 bridgehead atoms. The van der Waals surface area contributed by atoms with E-state index in [1.165, 1.54) is 25.7 Å². The largest absolute Gasteiger partial charge is 0.450 e. The summed E-state index contributed by atoms with van der Waals surface area (Å²) in [6.45, 7) is 11.6. The van der Waals surface area contributed by atoms with Crippen molar-refractivity contribution in [2.24, 2.45) is 46.3 Å². The molecule has 4 fully saturated rings. The van der Waals surface area contributed by atoms with E-state index >= 15 is 0 Å². The Morgan fingerprint density at radius 2 is 1.73 bits per heavy atom. The van der Waals surface area contributed by atoms with Crippen LogP contribution in [0.3, 0.4) is 0 Å². The van der Waals surface area contributed by atoms with Gasteiger partial charge in [0.05, 0.1) is 18.8 Å². The van der Waals surface area contributed by atoms with E-state index in [0.717, 1.165) is 38.5 Å². The Hall–Kier alpha value is -0.810. The van der Waals surface area contributed by atoms with E-state index in [4.69, 9.17) is 4.74 Å².